The first-order chi connectivity index (χ1) is 20.5. The summed E-state index contributed by atoms with van der Waals surface area (Å²) in [5, 5.41) is 4.60. The first kappa shape index (κ1) is 29.1. The van der Waals surface area contributed by atoms with Gasteiger partial charge in [0.05, 0.1) is 30.7 Å². The number of ether oxygens (including phenoxy) is 2. The van der Waals surface area contributed by atoms with E-state index in [-0.39, 0.29) is 26.4 Å². The summed E-state index contributed by atoms with van der Waals surface area (Å²) in [5.74, 6) is 3.81. The summed E-state index contributed by atoms with van der Waals surface area (Å²) in [4.78, 5) is 8.84. The summed E-state index contributed by atoms with van der Waals surface area (Å²) in [6, 6.07) is 16.8. The van der Waals surface area contributed by atoms with Crippen LogP contribution in [0.5, 0.6) is 11.8 Å². The molecular weight excluding hydrogens is 559 g/mol. The molecule has 0 radical (unpaired) electrons. The molecule has 4 heterocycles. The van der Waals surface area contributed by atoms with Gasteiger partial charge in [-0.1, -0.05) is 18.2 Å². The number of furan rings is 1. The van der Waals surface area contributed by atoms with Crippen LogP contribution in [0, 0.1) is 6.92 Å². The third kappa shape index (κ3) is 7.25. The number of aryl methyl sites for hydroxylation is 1. The second-order valence-electron chi connectivity index (χ2n) is 8.94. The van der Waals surface area contributed by atoms with E-state index in [4.69, 9.17) is 27.4 Å². The molecule has 218 valence electrons. The maximum atomic E-state index is 13.0. The van der Waals surface area contributed by atoms with Crippen molar-refractivity contribution in [2.24, 2.45) is 0 Å². The second kappa shape index (κ2) is 13.5. The molecule has 0 atom stereocenters. The minimum atomic E-state index is -3.41. The van der Waals surface area contributed by atoms with Crippen molar-refractivity contribution >= 4 is 13.7 Å². The van der Waals surface area contributed by atoms with Gasteiger partial charge in [0.2, 0.25) is 11.8 Å². The normalized spacial score (nSPS) is 11.8. The molecule has 5 rings (SSSR count). The Balaban J connectivity index is 1.26. The van der Waals surface area contributed by atoms with Gasteiger partial charge in [-0.25, -0.2) is 14.6 Å². The van der Waals surface area contributed by atoms with Crippen molar-refractivity contribution in [3.63, 3.8) is 0 Å². The van der Waals surface area contributed by atoms with E-state index in [0.29, 0.717) is 40.4 Å². The Bertz CT molecular complexity index is 1630. The molecule has 42 heavy (non-hydrogen) atoms. The van der Waals surface area contributed by atoms with Crippen LogP contribution < -0.4 is 9.47 Å². The van der Waals surface area contributed by atoms with Crippen LogP contribution in [0.25, 0.3) is 23.4 Å². The van der Waals surface area contributed by atoms with Crippen LogP contribution in [-0.2, 0) is 26.8 Å². The van der Waals surface area contributed by atoms with Crippen LogP contribution in [0.1, 0.15) is 36.4 Å². The Labute approximate surface area is 243 Å². The molecule has 0 saturated heterocycles. The van der Waals surface area contributed by atoms with Crippen molar-refractivity contribution in [1.29, 1.82) is 0 Å². The van der Waals surface area contributed by atoms with Crippen LogP contribution in [-0.4, -0.2) is 33.0 Å². The van der Waals surface area contributed by atoms with Gasteiger partial charge in [-0.15, -0.1) is 5.10 Å². The van der Waals surface area contributed by atoms with Gasteiger partial charge < -0.3 is 27.4 Å². The summed E-state index contributed by atoms with van der Waals surface area (Å²) >= 11 is 0. The lowest BCUT2D eigenvalue weighted by Crippen LogP contribution is -2.01. The van der Waals surface area contributed by atoms with Crippen LogP contribution in [0.2, 0.25) is 0 Å². The fraction of sp³-hybridized carbons (Fsp3) is 0.233. The molecular formula is C30H31N4O7P. The van der Waals surface area contributed by atoms with Gasteiger partial charge in [-0.05, 0) is 57.2 Å². The van der Waals surface area contributed by atoms with E-state index >= 15 is 0 Å². The van der Waals surface area contributed by atoms with Crippen molar-refractivity contribution in [3.8, 4) is 29.1 Å². The van der Waals surface area contributed by atoms with Gasteiger partial charge in [0.15, 0.2) is 5.76 Å². The van der Waals surface area contributed by atoms with E-state index in [1.807, 2.05) is 43.3 Å². The number of aromatic nitrogens is 4. The van der Waals surface area contributed by atoms with Gasteiger partial charge in [0, 0.05) is 29.8 Å². The van der Waals surface area contributed by atoms with E-state index < -0.39 is 7.60 Å². The third-order valence-electron chi connectivity index (χ3n) is 5.94. The molecule has 0 aliphatic heterocycles. The Hall–Kier alpha value is -4.44. The number of hydrogen-bond donors (Lipinski definition) is 0. The highest BCUT2D eigenvalue weighted by Gasteiger charge is 2.20. The summed E-state index contributed by atoms with van der Waals surface area (Å²) in [7, 11) is -3.41. The lowest BCUT2D eigenvalue weighted by molar-refractivity contribution is 0.229. The minimum absolute atomic E-state index is 0.193. The quantitative estimate of drug-likeness (QED) is 0.122. The lowest BCUT2D eigenvalue weighted by Gasteiger charge is -2.12. The molecule has 0 unspecified atom stereocenters. The van der Waals surface area contributed by atoms with Gasteiger partial charge in [0.1, 0.15) is 24.7 Å². The highest BCUT2D eigenvalue weighted by atomic mass is 31.2. The monoisotopic (exact) mass is 590 g/mol. The number of rotatable bonds is 14. The second-order valence-corrected chi connectivity index (χ2v) is 10.8. The molecule has 0 aliphatic carbocycles. The fourth-order valence-electron chi connectivity index (χ4n) is 3.91. The van der Waals surface area contributed by atoms with Gasteiger partial charge in [-0.2, -0.15) is 0 Å². The predicted octanol–water partition coefficient (Wildman–Crippen LogP) is 7.22. The van der Waals surface area contributed by atoms with Crippen LogP contribution in [0.15, 0.2) is 87.9 Å². The first-order valence-electron chi connectivity index (χ1n) is 13.4. The maximum absolute atomic E-state index is 13.0. The molecule has 0 amide bonds. The fourth-order valence-corrected chi connectivity index (χ4v) is 5.22. The number of para-hydroxylation sites is 1. The average Bonchev–Trinajstić information content (AvgIpc) is 3.76. The summed E-state index contributed by atoms with van der Waals surface area (Å²) in [5.41, 5.74) is 2.92. The Kier molecular flexibility index (Phi) is 9.33. The number of benzene rings is 1. The van der Waals surface area contributed by atoms with Crippen LogP contribution >= 0.6 is 7.60 Å². The van der Waals surface area contributed by atoms with E-state index in [1.54, 1.807) is 61.5 Å². The molecule has 11 nitrogen and oxygen atoms in total. The molecule has 12 heteroatoms. The van der Waals surface area contributed by atoms with E-state index in [2.05, 4.69) is 15.1 Å². The summed E-state index contributed by atoms with van der Waals surface area (Å²) in [6.45, 7) is 6.25. The van der Waals surface area contributed by atoms with Gasteiger partial charge in [-0.3, -0.25) is 4.57 Å². The smallest absolute Gasteiger partial charge is 0.354 e. The maximum Gasteiger partial charge on any atom is 0.354 e. The highest BCUT2D eigenvalue weighted by molar-refractivity contribution is 7.57. The predicted molar refractivity (Wildman–Crippen MR) is 155 cm³/mol. The highest BCUT2D eigenvalue weighted by Crippen LogP contribution is 2.50. The topological polar surface area (TPSA) is 124 Å². The molecule has 0 N–H and O–H groups in total. The van der Waals surface area contributed by atoms with E-state index in [9.17, 15) is 4.57 Å². The number of oxazole rings is 1. The van der Waals surface area contributed by atoms with Gasteiger partial charge >= 0.3 is 7.60 Å². The molecule has 5 aromatic rings. The SMILES string of the molecule is CCOP(=O)(/C=C/c1cn(-c2ccccc2)nc1OCc1ccc(OCc2nc(-c3ccco3)oc2C)nc1)OCC. The van der Waals surface area contributed by atoms with Crippen molar-refractivity contribution in [2.75, 3.05) is 13.2 Å². The number of nitrogens with zero attached hydrogens (tertiary/aromatic N) is 4. The van der Waals surface area contributed by atoms with Gasteiger partial charge in [0.25, 0.3) is 5.89 Å². The molecule has 0 spiro atoms. The number of hydrogen-bond acceptors (Lipinski definition) is 10. The molecule has 0 fully saturated rings. The van der Waals surface area contributed by atoms with Crippen molar-refractivity contribution in [1.82, 2.24) is 19.7 Å². The Morgan fingerprint density at radius 3 is 2.48 bits per heavy atom. The first-order valence-corrected chi connectivity index (χ1v) is 15.0. The van der Waals surface area contributed by atoms with E-state index in [1.165, 1.54) is 5.82 Å². The van der Waals surface area contributed by atoms with Crippen molar-refractivity contribution in [2.45, 2.75) is 34.0 Å². The van der Waals surface area contributed by atoms with Crippen molar-refractivity contribution in [3.05, 3.63) is 102 Å². The largest absolute Gasteiger partial charge is 0.471 e. The standard InChI is InChI=1S/C30H31N4O7P/c1-4-39-42(35,40-5-2)17-15-24-19-34(25-10-7-6-8-11-25)33-29(24)38-20-23-13-14-28(31-18-23)37-21-26-22(3)41-30(32-26)27-12-9-16-36-27/h6-19H,4-5,20-21H2,1-3H3/b17-15+. The minimum Gasteiger partial charge on any atom is -0.471 e. The molecule has 0 aliphatic rings. The zero-order valence-electron chi connectivity index (χ0n) is 23.5. The molecule has 4 aromatic heterocycles. The summed E-state index contributed by atoms with van der Waals surface area (Å²) < 4.78 is 48.3. The van der Waals surface area contributed by atoms with Crippen molar-refractivity contribution < 1.29 is 31.9 Å². The third-order valence-corrected chi connectivity index (χ3v) is 7.69. The van der Waals surface area contributed by atoms with Crippen LogP contribution in [0.3, 0.4) is 0 Å². The lowest BCUT2D eigenvalue weighted by atomic mass is 10.3. The zero-order valence-corrected chi connectivity index (χ0v) is 24.4. The average molecular weight is 591 g/mol. The molecule has 0 saturated carbocycles. The van der Waals surface area contributed by atoms with E-state index in [0.717, 1.165) is 11.3 Å². The Morgan fingerprint density at radius 2 is 1.79 bits per heavy atom. The number of pyridine rings is 1. The molecule has 0 bridgehead atoms. The zero-order chi connectivity index (χ0) is 29.4. The Morgan fingerprint density at radius 1 is 0.976 bits per heavy atom. The van der Waals surface area contributed by atoms with Crippen LogP contribution in [0.4, 0.5) is 0 Å². The summed E-state index contributed by atoms with van der Waals surface area (Å²) in [6.07, 6.45) is 6.67. The molecule has 1 aromatic carbocycles.